The highest BCUT2D eigenvalue weighted by Crippen LogP contribution is 2.05. The molecule has 0 aromatic carbocycles. The first-order valence-electron chi connectivity index (χ1n) is 5.17. The average molecular weight is 241 g/mol. The average Bonchev–Trinajstić information content (AvgIpc) is 2.64. The third-order valence-electron chi connectivity index (χ3n) is 2.51. The Bertz CT molecular complexity index is 349. The van der Waals surface area contributed by atoms with Gasteiger partial charge in [0.25, 0.3) is 11.8 Å². The predicted octanol–water partition coefficient (Wildman–Crippen LogP) is -2.48. The van der Waals surface area contributed by atoms with Crippen molar-refractivity contribution in [3.63, 3.8) is 0 Å². The zero-order chi connectivity index (χ0) is 13.0. The molecule has 5 N–H and O–H groups in total. The molecule has 2 atom stereocenters. The molecule has 0 aliphatic carbocycles. The SMILES string of the molecule is NCC(O)C(N)C(=O)CCN1C(=O)C=CC1=O. The molecular formula is C10H15N3O4. The number of ketones is 1. The van der Waals surface area contributed by atoms with Gasteiger partial charge in [-0.25, -0.2) is 0 Å². The minimum Gasteiger partial charge on any atom is -0.390 e. The number of carbonyl (C=O) groups excluding carboxylic acids is 3. The topological polar surface area (TPSA) is 127 Å². The molecule has 0 saturated heterocycles. The fourth-order valence-corrected chi connectivity index (χ4v) is 1.40. The van der Waals surface area contributed by atoms with Crippen LogP contribution < -0.4 is 11.5 Å². The smallest absolute Gasteiger partial charge is 0.253 e. The molecule has 2 unspecified atom stereocenters. The summed E-state index contributed by atoms with van der Waals surface area (Å²) in [7, 11) is 0. The second-order valence-corrected chi connectivity index (χ2v) is 3.71. The standard InChI is InChI=1S/C10H15N3O4/c11-5-7(15)10(12)6(14)3-4-13-8(16)1-2-9(13)17/h1-2,7,10,15H,3-5,11-12H2. The van der Waals surface area contributed by atoms with Crippen LogP contribution >= 0.6 is 0 Å². The molecule has 0 radical (unpaired) electrons. The van der Waals surface area contributed by atoms with E-state index in [0.29, 0.717) is 0 Å². The maximum Gasteiger partial charge on any atom is 0.253 e. The Morgan fingerprint density at radius 1 is 1.35 bits per heavy atom. The van der Waals surface area contributed by atoms with Gasteiger partial charge in [0.1, 0.15) is 0 Å². The number of aliphatic hydroxyl groups is 1. The second-order valence-electron chi connectivity index (χ2n) is 3.71. The van der Waals surface area contributed by atoms with Crippen molar-refractivity contribution in [1.29, 1.82) is 0 Å². The lowest BCUT2D eigenvalue weighted by molar-refractivity contribution is -0.137. The van der Waals surface area contributed by atoms with E-state index in [0.717, 1.165) is 17.1 Å². The van der Waals surface area contributed by atoms with E-state index in [-0.39, 0.29) is 19.5 Å². The van der Waals surface area contributed by atoms with Crippen LogP contribution in [0.5, 0.6) is 0 Å². The van der Waals surface area contributed by atoms with Crippen molar-refractivity contribution in [2.75, 3.05) is 13.1 Å². The van der Waals surface area contributed by atoms with Gasteiger partial charge in [-0.15, -0.1) is 0 Å². The lowest BCUT2D eigenvalue weighted by Gasteiger charge is -2.18. The first-order chi connectivity index (χ1) is 7.97. The van der Waals surface area contributed by atoms with E-state index >= 15 is 0 Å². The van der Waals surface area contributed by atoms with Crippen LogP contribution in [-0.2, 0) is 14.4 Å². The maximum absolute atomic E-state index is 11.5. The molecule has 1 aliphatic rings. The molecular weight excluding hydrogens is 226 g/mol. The van der Waals surface area contributed by atoms with E-state index in [9.17, 15) is 19.5 Å². The zero-order valence-corrected chi connectivity index (χ0v) is 9.20. The van der Waals surface area contributed by atoms with Crippen molar-refractivity contribution >= 4 is 17.6 Å². The van der Waals surface area contributed by atoms with Gasteiger partial charge in [-0.05, 0) is 0 Å². The third kappa shape index (κ3) is 3.19. The Hall–Kier alpha value is -1.57. The number of hydrogen-bond acceptors (Lipinski definition) is 6. The number of hydrogen-bond donors (Lipinski definition) is 3. The van der Waals surface area contributed by atoms with E-state index in [2.05, 4.69) is 0 Å². The number of imide groups is 1. The lowest BCUT2D eigenvalue weighted by atomic mass is 10.0. The van der Waals surface area contributed by atoms with E-state index in [4.69, 9.17) is 11.5 Å². The summed E-state index contributed by atoms with van der Waals surface area (Å²) in [6.07, 6.45) is 1.09. The molecule has 0 saturated carbocycles. The van der Waals surface area contributed by atoms with Crippen molar-refractivity contribution in [2.24, 2.45) is 11.5 Å². The molecule has 94 valence electrons. The van der Waals surface area contributed by atoms with Crippen molar-refractivity contribution in [3.05, 3.63) is 12.2 Å². The maximum atomic E-state index is 11.5. The quantitative estimate of drug-likeness (QED) is 0.442. The summed E-state index contributed by atoms with van der Waals surface area (Å²) in [5, 5.41) is 9.26. The van der Waals surface area contributed by atoms with Crippen LogP contribution in [0.2, 0.25) is 0 Å². The summed E-state index contributed by atoms with van der Waals surface area (Å²) in [4.78, 5) is 34.8. The number of aliphatic hydroxyl groups excluding tert-OH is 1. The summed E-state index contributed by atoms with van der Waals surface area (Å²) in [5.74, 6) is -1.33. The third-order valence-corrected chi connectivity index (χ3v) is 2.51. The number of rotatable bonds is 6. The summed E-state index contributed by atoms with van der Waals surface area (Å²) in [5.41, 5.74) is 10.6. The minimum atomic E-state index is -1.11. The molecule has 0 aromatic rings. The number of amides is 2. The lowest BCUT2D eigenvalue weighted by Crippen LogP contribution is -2.46. The Morgan fingerprint density at radius 2 is 1.88 bits per heavy atom. The van der Waals surface area contributed by atoms with Crippen LogP contribution in [0.15, 0.2) is 12.2 Å². The number of nitrogens with zero attached hydrogens (tertiary/aromatic N) is 1. The first kappa shape index (κ1) is 13.5. The Labute approximate surface area is 98.0 Å². The number of carbonyl (C=O) groups is 3. The van der Waals surface area contributed by atoms with Crippen molar-refractivity contribution in [3.8, 4) is 0 Å². The van der Waals surface area contributed by atoms with Crippen LogP contribution in [-0.4, -0.2) is 52.8 Å². The van der Waals surface area contributed by atoms with Crippen LogP contribution in [0.3, 0.4) is 0 Å². The molecule has 2 amide bonds. The Balaban J connectivity index is 2.43. The number of nitrogens with two attached hydrogens (primary N) is 2. The van der Waals surface area contributed by atoms with Gasteiger partial charge < -0.3 is 16.6 Å². The minimum absolute atomic E-state index is 0.0332. The molecule has 7 heteroatoms. The molecule has 0 fully saturated rings. The Kier molecular flexibility index (Phi) is 4.50. The highest BCUT2D eigenvalue weighted by Gasteiger charge is 2.26. The van der Waals surface area contributed by atoms with Crippen LogP contribution in [0.25, 0.3) is 0 Å². The van der Waals surface area contributed by atoms with Crippen LogP contribution in [0.1, 0.15) is 6.42 Å². The van der Waals surface area contributed by atoms with Gasteiger partial charge in [0.15, 0.2) is 5.78 Å². The largest absolute Gasteiger partial charge is 0.390 e. The molecule has 7 nitrogen and oxygen atoms in total. The van der Waals surface area contributed by atoms with Gasteiger partial charge in [0.2, 0.25) is 0 Å². The van der Waals surface area contributed by atoms with Gasteiger partial charge in [-0.3, -0.25) is 19.3 Å². The van der Waals surface area contributed by atoms with Gasteiger partial charge in [-0.1, -0.05) is 0 Å². The van der Waals surface area contributed by atoms with E-state index in [1.165, 1.54) is 0 Å². The molecule has 1 heterocycles. The predicted molar refractivity (Wildman–Crippen MR) is 58.5 cm³/mol. The van der Waals surface area contributed by atoms with Gasteiger partial charge >= 0.3 is 0 Å². The molecule has 1 aliphatic heterocycles. The van der Waals surface area contributed by atoms with Crippen LogP contribution in [0.4, 0.5) is 0 Å². The normalized spacial score (nSPS) is 18.6. The highest BCUT2D eigenvalue weighted by molar-refractivity contribution is 6.13. The van der Waals surface area contributed by atoms with Crippen LogP contribution in [0, 0.1) is 0 Å². The van der Waals surface area contributed by atoms with Gasteiger partial charge in [-0.2, -0.15) is 0 Å². The summed E-state index contributed by atoms with van der Waals surface area (Å²) < 4.78 is 0. The van der Waals surface area contributed by atoms with Gasteiger partial charge in [0, 0.05) is 31.7 Å². The fourth-order valence-electron chi connectivity index (χ4n) is 1.40. The fraction of sp³-hybridized carbons (Fsp3) is 0.500. The zero-order valence-electron chi connectivity index (χ0n) is 9.20. The Morgan fingerprint density at radius 3 is 2.35 bits per heavy atom. The summed E-state index contributed by atoms with van der Waals surface area (Å²) >= 11 is 0. The van der Waals surface area contributed by atoms with Crippen molar-refractivity contribution in [1.82, 2.24) is 4.90 Å². The van der Waals surface area contributed by atoms with Crippen molar-refractivity contribution < 1.29 is 19.5 Å². The van der Waals surface area contributed by atoms with Crippen molar-refractivity contribution in [2.45, 2.75) is 18.6 Å². The monoisotopic (exact) mass is 241 g/mol. The first-order valence-corrected chi connectivity index (χ1v) is 5.17. The molecule has 1 rings (SSSR count). The second kappa shape index (κ2) is 5.67. The van der Waals surface area contributed by atoms with E-state index in [1.54, 1.807) is 0 Å². The summed E-state index contributed by atoms with van der Waals surface area (Å²) in [6, 6.07) is -1.08. The van der Waals surface area contributed by atoms with E-state index < -0.39 is 29.7 Å². The summed E-state index contributed by atoms with van der Waals surface area (Å²) in [6.45, 7) is -0.148. The molecule has 17 heavy (non-hydrogen) atoms. The van der Waals surface area contributed by atoms with Gasteiger partial charge in [0.05, 0.1) is 12.1 Å². The highest BCUT2D eigenvalue weighted by atomic mass is 16.3. The molecule has 0 aromatic heterocycles. The molecule has 0 spiro atoms. The number of Topliss-reactive ketones (excluding diaryl/α,β-unsaturated/α-hetero) is 1. The molecule has 0 bridgehead atoms. The van der Waals surface area contributed by atoms with E-state index in [1.807, 2.05) is 0 Å².